The zero-order chi connectivity index (χ0) is 20.6. The van der Waals surface area contributed by atoms with Crippen LogP contribution in [0.1, 0.15) is 33.4 Å². The molecular weight excluding hydrogens is 384 g/mol. The van der Waals surface area contributed by atoms with Crippen LogP contribution >= 0.6 is 11.3 Å². The average molecular weight is 411 g/mol. The highest BCUT2D eigenvalue weighted by atomic mass is 32.1. The highest BCUT2D eigenvalue weighted by Gasteiger charge is 2.12. The van der Waals surface area contributed by atoms with E-state index in [-0.39, 0.29) is 12.0 Å². The molecule has 29 heavy (non-hydrogen) atoms. The highest BCUT2D eigenvalue weighted by Crippen LogP contribution is 2.17. The van der Waals surface area contributed by atoms with Crippen molar-refractivity contribution in [1.29, 1.82) is 0 Å². The van der Waals surface area contributed by atoms with Crippen LogP contribution < -0.4 is 10.1 Å². The summed E-state index contributed by atoms with van der Waals surface area (Å²) in [5.74, 6) is 0.747. The lowest BCUT2D eigenvalue weighted by molar-refractivity contribution is 0.0935. The van der Waals surface area contributed by atoms with Gasteiger partial charge in [0.05, 0.1) is 17.1 Å². The normalized spacial score (nSPS) is 12.0. The molecule has 3 rings (SSSR count). The number of ether oxygens (including phenoxy) is 1. The maximum atomic E-state index is 12.2. The number of thiophene rings is 1. The van der Waals surface area contributed by atoms with Crippen molar-refractivity contribution in [2.45, 2.75) is 33.0 Å². The number of carbonyl (C=O) groups excluding carboxylic acids is 1. The predicted molar refractivity (Wildman–Crippen MR) is 115 cm³/mol. The van der Waals surface area contributed by atoms with Crippen LogP contribution in [0.4, 0.5) is 0 Å². The maximum absolute atomic E-state index is 12.2. The molecule has 0 radical (unpaired) electrons. The van der Waals surface area contributed by atoms with Crippen molar-refractivity contribution in [2.75, 3.05) is 13.6 Å². The molecule has 0 aliphatic carbocycles. The van der Waals surface area contributed by atoms with E-state index in [1.165, 1.54) is 11.3 Å². The molecule has 152 valence electrons. The van der Waals surface area contributed by atoms with E-state index in [2.05, 4.69) is 26.3 Å². The van der Waals surface area contributed by atoms with Crippen LogP contribution in [-0.2, 0) is 13.1 Å². The number of amides is 1. The molecular formula is C22H26N4O2S. The Morgan fingerprint density at radius 3 is 2.86 bits per heavy atom. The Kier molecular flexibility index (Phi) is 7.32. The molecule has 1 aromatic carbocycles. The van der Waals surface area contributed by atoms with Gasteiger partial charge in [0.25, 0.3) is 5.91 Å². The van der Waals surface area contributed by atoms with Gasteiger partial charge >= 0.3 is 0 Å². The first-order valence-corrected chi connectivity index (χ1v) is 10.4. The van der Waals surface area contributed by atoms with Crippen LogP contribution in [0.15, 0.2) is 54.3 Å². The van der Waals surface area contributed by atoms with E-state index in [0.717, 1.165) is 40.5 Å². The molecule has 1 amide bonds. The van der Waals surface area contributed by atoms with Crippen molar-refractivity contribution >= 4 is 17.2 Å². The van der Waals surface area contributed by atoms with Crippen LogP contribution in [0.2, 0.25) is 0 Å². The van der Waals surface area contributed by atoms with E-state index in [4.69, 9.17) is 4.74 Å². The fourth-order valence-electron chi connectivity index (χ4n) is 2.97. The summed E-state index contributed by atoms with van der Waals surface area (Å²) in [6, 6.07) is 9.99. The van der Waals surface area contributed by atoms with Gasteiger partial charge in [0, 0.05) is 31.7 Å². The van der Waals surface area contributed by atoms with Gasteiger partial charge < -0.3 is 10.1 Å². The number of rotatable bonds is 9. The van der Waals surface area contributed by atoms with Crippen molar-refractivity contribution in [3.05, 3.63) is 76.0 Å². The SMILES string of the molecule is Cc1ccsc1C(=O)NC[C@@H](C)Oc1cccc(CN(C)Cc2cnccn2)c1. The van der Waals surface area contributed by atoms with E-state index in [1.54, 1.807) is 18.6 Å². The second-order valence-electron chi connectivity index (χ2n) is 7.09. The van der Waals surface area contributed by atoms with Crippen molar-refractivity contribution in [1.82, 2.24) is 20.2 Å². The molecule has 1 atom stereocenters. The smallest absolute Gasteiger partial charge is 0.261 e. The molecule has 7 heteroatoms. The third-order valence-corrected chi connectivity index (χ3v) is 5.37. The molecule has 0 saturated heterocycles. The third-order valence-electron chi connectivity index (χ3n) is 4.36. The standard InChI is InChI=1S/C22H26N4O2S/c1-16-7-10-29-21(16)22(27)25-12-17(2)28-20-6-4-5-18(11-20)14-26(3)15-19-13-23-8-9-24-19/h4-11,13,17H,12,14-15H2,1-3H3,(H,25,27)/t17-/m1/s1. The Labute approximate surface area is 175 Å². The van der Waals surface area contributed by atoms with Gasteiger partial charge in [-0.2, -0.15) is 0 Å². The van der Waals surface area contributed by atoms with E-state index >= 15 is 0 Å². The van der Waals surface area contributed by atoms with Gasteiger partial charge in [-0.3, -0.25) is 19.7 Å². The number of nitrogens with zero attached hydrogens (tertiary/aromatic N) is 3. The molecule has 0 unspecified atom stereocenters. The van der Waals surface area contributed by atoms with Gasteiger partial charge in [-0.15, -0.1) is 11.3 Å². The first-order valence-electron chi connectivity index (χ1n) is 9.52. The molecule has 0 aliphatic heterocycles. The molecule has 6 nitrogen and oxygen atoms in total. The summed E-state index contributed by atoms with van der Waals surface area (Å²) in [7, 11) is 2.05. The van der Waals surface area contributed by atoms with Gasteiger partial charge in [-0.1, -0.05) is 12.1 Å². The zero-order valence-corrected chi connectivity index (χ0v) is 17.8. The number of benzene rings is 1. The van der Waals surface area contributed by atoms with Gasteiger partial charge in [-0.05, 0) is 55.6 Å². The minimum atomic E-state index is -0.133. The molecule has 0 aliphatic rings. The Morgan fingerprint density at radius 1 is 1.28 bits per heavy atom. The lowest BCUT2D eigenvalue weighted by atomic mass is 10.2. The Hall–Kier alpha value is -2.77. The minimum Gasteiger partial charge on any atom is -0.489 e. The second-order valence-corrected chi connectivity index (χ2v) is 8.00. The number of hydrogen-bond acceptors (Lipinski definition) is 6. The zero-order valence-electron chi connectivity index (χ0n) is 17.0. The summed E-state index contributed by atoms with van der Waals surface area (Å²) in [6.07, 6.45) is 5.03. The summed E-state index contributed by atoms with van der Waals surface area (Å²) in [5.41, 5.74) is 3.09. The number of aryl methyl sites for hydroxylation is 1. The van der Waals surface area contributed by atoms with Crippen molar-refractivity contribution in [3.8, 4) is 5.75 Å². The predicted octanol–water partition coefficient (Wildman–Crippen LogP) is 3.68. The molecule has 0 fully saturated rings. The van der Waals surface area contributed by atoms with Crippen LogP contribution in [0.3, 0.4) is 0 Å². The van der Waals surface area contributed by atoms with Crippen LogP contribution in [0.25, 0.3) is 0 Å². The maximum Gasteiger partial charge on any atom is 0.261 e. The first kappa shape index (κ1) is 21.0. The molecule has 0 bridgehead atoms. The number of carbonyl (C=O) groups is 1. The van der Waals surface area contributed by atoms with Gasteiger partial charge in [-0.25, -0.2) is 0 Å². The summed E-state index contributed by atoms with van der Waals surface area (Å²) in [6.45, 7) is 5.85. The summed E-state index contributed by atoms with van der Waals surface area (Å²) in [4.78, 5) is 23.6. The van der Waals surface area contributed by atoms with Crippen molar-refractivity contribution in [2.24, 2.45) is 0 Å². The van der Waals surface area contributed by atoms with E-state index < -0.39 is 0 Å². The molecule has 2 heterocycles. The van der Waals surface area contributed by atoms with E-state index in [0.29, 0.717) is 6.54 Å². The van der Waals surface area contributed by atoms with E-state index in [1.807, 2.05) is 50.5 Å². The van der Waals surface area contributed by atoms with Crippen molar-refractivity contribution < 1.29 is 9.53 Å². The Bertz CT molecular complexity index is 929. The van der Waals surface area contributed by atoms with Gasteiger partial charge in [0.15, 0.2) is 0 Å². The average Bonchev–Trinajstić information content (AvgIpc) is 3.13. The monoisotopic (exact) mass is 410 g/mol. The highest BCUT2D eigenvalue weighted by molar-refractivity contribution is 7.12. The van der Waals surface area contributed by atoms with Gasteiger partial charge in [0.1, 0.15) is 11.9 Å². The third kappa shape index (κ3) is 6.37. The molecule has 0 spiro atoms. The summed E-state index contributed by atoms with van der Waals surface area (Å²) >= 11 is 1.46. The largest absolute Gasteiger partial charge is 0.489 e. The number of aromatic nitrogens is 2. The summed E-state index contributed by atoms with van der Waals surface area (Å²) in [5, 5.41) is 4.87. The van der Waals surface area contributed by atoms with Gasteiger partial charge in [0.2, 0.25) is 0 Å². The Balaban J connectivity index is 1.49. The second kappa shape index (κ2) is 10.1. The quantitative estimate of drug-likeness (QED) is 0.583. The topological polar surface area (TPSA) is 67.3 Å². The fourth-order valence-corrected chi connectivity index (χ4v) is 3.81. The fraction of sp³-hybridized carbons (Fsp3) is 0.318. The van der Waals surface area contributed by atoms with Crippen LogP contribution in [0.5, 0.6) is 5.75 Å². The van der Waals surface area contributed by atoms with Crippen LogP contribution in [0, 0.1) is 6.92 Å². The van der Waals surface area contributed by atoms with Crippen molar-refractivity contribution in [3.63, 3.8) is 0 Å². The van der Waals surface area contributed by atoms with Crippen LogP contribution in [-0.4, -0.2) is 40.5 Å². The Morgan fingerprint density at radius 2 is 2.14 bits per heavy atom. The summed E-state index contributed by atoms with van der Waals surface area (Å²) < 4.78 is 6.00. The first-order chi connectivity index (χ1) is 14.0. The molecule has 1 N–H and O–H groups in total. The molecule has 3 aromatic rings. The number of nitrogens with one attached hydrogen (secondary N) is 1. The number of hydrogen-bond donors (Lipinski definition) is 1. The van der Waals surface area contributed by atoms with E-state index in [9.17, 15) is 4.79 Å². The lowest BCUT2D eigenvalue weighted by Crippen LogP contribution is -2.33. The lowest BCUT2D eigenvalue weighted by Gasteiger charge is -2.18. The minimum absolute atomic E-state index is 0.0488. The molecule has 2 aromatic heterocycles. The molecule has 0 saturated carbocycles.